The summed E-state index contributed by atoms with van der Waals surface area (Å²) in [5, 5.41) is 20.0. The van der Waals surface area contributed by atoms with Crippen molar-refractivity contribution in [3.8, 4) is 11.3 Å². The molecule has 1 amide bonds. The average Bonchev–Trinajstić information content (AvgIpc) is 3.25. The molecule has 1 heterocycles. The highest BCUT2D eigenvalue weighted by atomic mass is 16.4. The number of aromatic nitrogens is 3. The van der Waals surface area contributed by atoms with Crippen LogP contribution in [0.3, 0.4) is 0 Å². The number of amides is 1. The standard InChI is InChI=1S/C16H18N4O3/c1-16(2,15(22)23)20-13(9-17-19-20)10-5-7-12(8-6-10)18-14(21)11-3-4-11/h5-9,11H,3-4H2,1-2H3,(H,18,21)(H,22,23). The number of carbonyl (C=O) groups is 2. The van der Waals surface area contributed by atoms with Crippen molar-refractivity contribution in [3.05, 3.63) is 30.5 Å². The predicted molar refractivity (Wildman–Crippen MR) is 83.8 cm³/mol. The molecular weight excluding hydrogens is 296 g/mol. The van der Waals surface area contributed by atoms with Crippen LogP contribution >= 0.6 is 0 Å². The van der Waals surface area contributed by atoms with Crippen LogP contribution < -0.4 is 5.32 Å². The molecule has 1 saturated carbocycles. The van der Waals surface area contributed by atoms with Crippen LogP contribution in [-0.2, 0) is 15.1 Å². The van der Waals surface area contributed by atoms with Gasteiger partial charge in [-0.25, -0.2) is 9.48 Å². The number of carbonyl (C=O) groups excluding carboxylic acids is 1. The molecule has 0 atom stereocenters. The quantitative estimate of drug-likeness (QED) is 0.881. The number of hydrogen-bond donors (Lipinski definition) is 2. The highest BCUT2D eigenvalue weighted by Crippen LogP contribution is 2.31. The molecule has 1 aliphatic carbocycles. The van der Waals surface area contributed by atoms with Crippen molar-refractivity contribution >= 4 is 17.6 Å². The summed E-state index contributed by atoms with van der Waals surface area (Å²) in [6.07, 6.45) is 3.44. The fourth-order valence-corrected chi connectivity index (χ4v) is 2.25. The van der Waals surface area contributed by atoms with Gasteiger partial charge in [0, 0.05) is 17.2 Å². The molecule has 0 bridgehead atoms. The molecule has 0 unspecified atom stereocenters. The Hall–Kier alpha value is -2.70. The number of nitrogens with one attached hydrogen (secondary N) is 1. The van der Waals surface area contributed by atoms with Crippen LogP contribution in [0.2, 0.25) is 0 Å². The lowest BCUT2D eigenvalue weighted by Crippen LogP contribution is -2.37. The molecule has 23 heavy (non-hydrogen) atoms. The van der Waals surface area contributed by atoms with E-state index in [2.05, 4.69) is 15.6 Å². The lowest BCUT2D eigenvalue weighted by molar-refractivity contribution is -0.146. The van der Waals surface area contributed by atoms with Gasteiger partial charge in [0.2, 0.25) is 5.91 Å². The summed E-state index contributed by atoms with van der Waals surface area (Å²) in [5.41, 5.74) is 0.915. The van der Waals surface area contributed by atoms with E-state index in [4.69, 9.17) is 0 Å². The minimum absolute atomic E-state index is 0.0523. The van der Waals surface area contributed by atoms with Crippen LogP contribution in [0.4, 0.5) is 5.69 Å². The summed E-state index contributed by atoms with van der Waals surface area (Å²) < 4.78 is 1.38. The number of anilines is 1. The first kappa shape index (κ1) is 15.2. The number of aliphatic carboxylic acids is 1. The largest absolute Gasteiger partial charge is 0.479 e. The summed E-state index contributed by atoms with van der Waals surface area (Å²) >= 11 is 0. The second-order valence-corrected chi connectivity index (χ2v) is 6.24. The first-order valence-corrected chi connectivity index (χ1v) is 7.45. The first-order chi connectivity index (χ1) is 10.9. The van der Waals surface area contributed by atoms with E-state index in [1.165, 1.54) is 10.9 Å². The van der Waals surface area contributed by atoms with E-state index < -0.39 is 11.5 Å². The maximum Gasteiger partial charge on any atom is 0.331 e. The van der Waals surface area contributed by atoms with Crippen molar-refractivity contribution in [2.24, 2.45) is 5.92 Å². The highest BCUT2D eigenvalue weighted by Gasteiger charge is 2.33. The van der Waals surface area contributed by atoms with E-state index in [9.17, 15) is 14.7 Å². The Labute approximate surface area is 133 Å². The molecule has 120 valence electrons. The van der Waals surface area contributed by atoms with Crippen LogP contribution in [-0.4, -0.2) is 32.0 Å². The molecule has 2 N–H and O–H groups in total. The molecule has 3 rings (SSSR count). The van der Waals surface area contributed by atoms with E-state index in [1.807, 2.05) is 12.1 Å². The Kier molecular flexibility index (Phi) is 3.63. The van der Waals surface area contributed by atoms with Gasteiger partial charge in [-0.3, -0.25) is 4.79 Å². The SMILES string of the molecule is CC(C)(C(=O)O)n1nncc1-c1ccc(NC(=O)C2CC2)cc1. The predicted octanol–water partition coefficient (Wildman–Crippen LogP) is 2.11. The molecule has 7 nitrogen and oxygen atoms in total. The van der Waals surface area contributed by atoms with Crippen molar-refractivity contribution in [2.45, 2.75) is 32.2 Å². The fourth-order valence-electron chi connectivity index (χ4n) is 2.25. The second kappa shape index (κ2) is 5.49. The van der Waals surface area contributed by atoms with Crippen molar-refractivity contribution < 1.29 is 14.7 Å². The third-order valence-corrected chi connectivity index (χ3v) is 4.00. The van der Waals surface area contributed by atoms with Crippen LogP contribution in [0.5, 0.6) is 0 Å². The van der Waals surface area contributed by atoms with Gasteiger partial charge in [-0.1, -0.05) is 17.3 Å². The first-order valence-electron chi connectivity index (χ1n) is 7.45. The van der Waals surface area contributed by atoms with Gasteiger partial charge in [-0.15, -0.1) is 5.10 Å². The molecule has 0 radical (unpaired) electrons. The fraction of sp³-hybridized carbons (Fsp3) is 0.375. The van der Waals surface area contributed by atoms with Crippen LogP contribution in [0.15, 0.2) is 30.5 Å². The summed E-state index contributed by atoms with van der Waals surface area (Å²) in [7, 11) is 0. The topological polar surface area (TPSA) is 97.1 Å². The zero-order chi connectivity index (χ0) is 16.6. The molecule has 0 aliphatic heterocycles. The van der Waals surface area contributed by atoms with E-state index >= 15 is 0 Å². The smallest absolute Gasteiger partial charge is 0.331 e. The van der Waals surface area contributed by atoms with E-state index in [1.54, 1.807) is 26.0 Å². The molecule has 2 aromatic rings. The minimum atomic E-state index is -1.20. The third kappa shape index (κ3) is 2.94. The van der Waals surface area contributed by atoms with Gasteiger partial charge >= 0.3 is 5.97 Å². The van der Waals surface area contributed by atoms with Gasteiger partial charge in [0.25, 0.3) is 0 Å². The summed E-state index contributed by atoms with van der Waals surface area (Å²) in [6, 6.07) is 7.21. The van der Waals surface area contributed by atoms with Crippen molar-refractivity contribution in [3.63, 3.8) is 0 Å². The maximum absolute atomic E-state index is 11.7. The Morgan fingerprint density at radius 3 is 2.48 bits per heavy atom. The number of hydrogen-bond acceptors (Lipinski definition) is 4. The maximum atomic E-state index is 11.7. The van der Waals surface area contributed by atoms with Gasteiger partial charge < -0.3 is 10.4 Å². The van der Waals surface area contributed by atoms with Crippen molar-refractivity contribution in [2.75, 3.05) is 5.32 Å². The minimum Gasteiger partial charge on any atom is -0.479 e. The average molecular weight is 314 g/mol. The highest BCUT2D eigenvalue weighted by molar-refractivity contribution is 5.94. The zero-order valence-corrected chi connectivity index (χ0v) is 13.0. The van der Waals surface area contributed by atoms with Crippen LogP contribution in [0.25, 0.3) is 11.3 Å². The van der Waals surface area contributed by atoms with Crippen molar-refractivity contribution in [1.29, 1.82) is 0 Å². The number of benzene rings is 1. The lowest BCUT2D eigenvalue weighted by atomic mass is 10.0. The third-order valence-electron chi connectivity index (χ3n) is 4.00. The van der Waals surface area contributed by atoms with E-state index in [0.29, 0.717) is 5.69 Å². The Morgan fingerprint density at radius 2 is 1.91 bits per heavy atom. The number of carboxylic acids is 1. The number of rotatable bonds is 5. The molecule has 1 aliphatic rings. The summed E-state index contributed by atoms with van der Waals surface area (Å²) in [4.78, 5) is 23.2. The normalized spacial score (nSPS) is 14.5. The molecule has 7 heteroatoms. The van der Waals surface area contributed by atoms with Gasteiger partial charge in [-0.05, 0) is 38.8 Å². The van der Waals surface area contributed by atoms with E-state index in [0.717, 1.165) is 24.1 Å². The van der Waals surface area contributed by atoms with Gasteiger partial charge in [0.15, 0.2) is 5.54 Å². The second-order valence-electron chi connectivity index (χ2n) is 6.24. The summed E-state index contributed by atoms with van der Waals surface area (Å²) in [6.45, 7) is 3.13. The molecule has 1 aromatic carbocycles. The molecule has 0 spiro atoms. The summed E-state index contributed by atoms with van der Waals surface area (Å²) in [5.74, 6) is -0.786. The van der Waals surface area contributed by atoms with Gasteiger partial charge in [0.05, 0.1) is 11.9 Å². The van der Waals surface area contributed by atoms with Gasteiger partial charge in [-0.2, -0.15) is 0 Å². The zero-order valence-electron chi connectivity index (χ0n) is 13.0. The van der Waals surface area contributed by atoms with Crippen LogP contribution in [0, 0.1) is 5.92 Å². The number of carboxylic acid groups (broad SMARTS) is 1. The van der Waals surface area contributed by atoms with E-state index in [-0.39, 0.29) is 11.8 Å². The van der Waals surface area contributed by atoms with Crippen molar-refractivity contribution in [1.82, 2.24) is 15.0 Å². The molecule has 1 fully saturated rings. The number of nitrogens with zero attached hydrogens (tertiary/aromatic N) is 3. The Morgan fingerprint density at radius 1 is 1.26 bits per heavy atom. The Balaban J connectivity index is 1.84. The van der Waals surface area contributed by atoms with Gasteiger partial charge in [0.1, 0.15) is 0 Å². The Bertz CT molecular complexity index is 745. The lowest BCUT2D eigenvalue weighted by Gasteiger charge is -2.21. The molecule has 0 saturated heterocycles. The van der Waals surface area contributed by atoms with Crippen LogP contribution in [0.1, 0.15) is 26.7 Å². The molecule has 1 aromatic heterocycles. The molecular formula is C16H18N4O3. The monoisotopic (exact) mass is 314 g/mol.